The van der Waals surface area contributed by atoms with Crippen molar-refractivity contribution in [1.29, 1.82) is 0 Å². The Kier molecular flexibility index (Phi) is 28.9. The molecule has 0 aromatic carbocycles. The summed E-state index contributed by atoms with van der Waals surface area (Å²) in [6.07, 6.45) is 11.7. The zero-order valence-electron chi connectivity index (χ0n) is 43.3. The van der Waals surface area contributed by atoms with Crippen LogP contribution in [0.2, 0.25) is 0 Å². The molecule has 71 heavy (non-hydrogen) atoms. The van der Waals surface area contributed by atoms with Crippen LogP contribution < -0.4 is 16.0 Å². The van der Waals surface area contributed by atoms with Crippen molar-refractivity contribution in [2.45, 2.75) is 162 Å². The minimum Gasteiger partial charge on any atom is -0.481 e. The van der Waals surface area contributed by atoms with Crippen molar-refractivity contribution in [3.05, 3.63) is 0 Å². The topological polar surface area (TPSA) is 262 Å². The molecule has 408 valence electrons. The summed E-state index contributed by atoms with van der Waals surface area (Å²) < 4.78 is 27.0. The summed E-state index contributed by atoms with van der Waals surface area (Å²) in [6, 6.07) is -0.921. The zero-order chi connectivity index (χ0) is 52.4. The molecular weight excluding hydrogens is 986 g/mol. The molecule has 6 N–H and O–H groups in total. The van der Waals surface area contributed by atoms with Crippen LogP contribution in [0.25, 0.3) is 0 Å². The van der Waals surface area contributed by atoms with Gasteiger partial charge in [0.05, 0.1) is 37.4 Å². The number of aliphatic hydroxyl groups excluding tert-OH is 1. The van der Waals surface area contributed by atoms with Gasteiger partial charge in [0.1, 0.15) is 25.9 Å². The average molecular weight is 1080 g/mol. The number of carbonyl (C=O) groups is 7. The maximum atomic E-state index is 12.6. The number of ether oxygens (including phenoxy) is 5. The highest BCUT2D eigenvalue weighted by Gasteiger charge is 2.63. The van der Waals surface area contributed by atoms with Gasteiger partial charge in [0.25, 0.3) is 0 Å². The monoisotopic (exact) mass is 1070 g/mol. The number of alkyl halides is 1. The van der Waals surface area contributed by atoms with Crippen molar-refractivity contribution < 1.29 is 72.6 Å². The molecule has 3 amide bonds. The summed E-state index contributed by atoms with van der Waals surface area (Å²) in [5, 5.41) is 38.0. The summed E-state index contributed by atoms with van der Waals surface area (Å²) in [6.45, 7) is 14.1. The number of ketones is 2. The Hall–Kier alpha value is -3.07. The summed E-state index contributed by atoms with van der Waals surface area (Å²) >= 11 is 3.02. The van der Waals surface area contributed by atoms with Crippen molar-refractivity contribution in [3.63, 3.8) is 0 Å². The fraction of sp³-hybridized carbons (Fsp3) is 0.865. The van der Waals surface area contributed by atoms with Gasteiger partial charge in [0.2, 0.25) is 17.7 Å². The van der Waals surface area contributed by atoms with E-state index in [2.05, 4.69) is 52.7 Å². The fourth-order valence-corrected chi connectivity index (χ4v) is 12.4. The number of halogens is 1. The van der Waals surface area contributed by atoms with Crippen LogP contribution in [0.3, 0.4) is 0 Å². The molecule has 4 rings (SSSR count). The first-order chi connectivity index (χ1) is 33.9. The van der Waals surface area contributed by atoms with Gasteiger partial charge in [0, 0.05) is 58.6 Å². The SMILES string of the molecule is CCOCC(=O)N[C@@H](CCCCNC(=O)CBr)C(=O)O.CCOCCCC(=O)COCCOCCNC(=O)CCC(=O)CO[C@H]1CC[C@@]2(C)[C@@H](C1)C[C@H](O)[C@H]1C3CC[C@H]([C@H](C)CCC(=O)O)[C@@]3(C)CC[C@@H]12. The maximum Gasteiger partial charge on any atom is 0.326 e. The van der Waals surface area contributed by atoms with Crippen LogP contribution in [0.5, 0.6) is 0 Å². The van der Waals surface area contributed by atoms with Crippen molar-refractivity contribution in [1.82, 2.24) is 16.0 Å². The molecule has 1 unspecified atom stereocenters. The van der Waals surface area contributed by atoms with Gasteiger partial charge < -0.3 is 55.0 Å². The first kappa shape index (κ1) is 62.2. The minimum atomic E-state index is -1.07. The van der Waals surface area contributed by atoms with E-state index < -0.39 is 23.9 Å². The molecule has 4 aliphatic rings. The number of aliphatic hydroxyl groups is 1. The maximum absolute atomic E-state index is 12.6. The van der Waals surface area contributed by atoms with Gasteiger partial charge in [-0.05, 0) is 144 Å². The van der Waals surface area contributed by atoms with Crippen molar-refractivity contribution >= 4 is 57.2 Å². The number of carboxylic acid groups (broad SMARTS) is 2. The normalized spacial score (nSPS) is 27.3. The highest BCUT2D eigenvalue weighted by molar-refractivity contribution is 9.09. The Morgan fingerprint density at radius 3 is 2.06 bits per heavy atom. The molecule has 0 radical (unpaired) electrons. The molecule has 0 aromatic rings. The second-order valence-corrected chi connectivity index (χ2v) is 21.2. The zero-order valence-corrected chi connectivity index (χ0v) is 44.9. The number of fused-ring (bicyclic) bond motifs is 5. The highest BCUT2D eigenvalue weighted by atomic mass is 79.9. The fourth-order valence-electron chi connectivity index (χ4n) is 12.2. The highest BCUT2D eigenvalue weighted by Crippen LogP contribution is 2.68. The second kappa shape index (κ2) is 33.0. The minimum absolute atomic E-state index is 0.00992. The number of hydrogen-bond acceptors (Lipinski definition) is 13. The molecule has 19 heteroatoms. The molecule has 11 atom stereocenters. The van der Waals surface area contributed by atoms with Gasteiger partial charge >= 0.3 is 11.9 Å². The summed E-state index contributed by atoms with van der Waals surface area (Å²) in [4.78, 5) is 81.2. The molecule has 0 heterocycles. The lowest BCUT2D eigenvalue weighted by Gasteiger charge is -2.62. The largest absolute Gasteiger partial charge is 0.481 e. The lowest BCUT2D eigenvalue weighted by molar-refractivity contribution is -0.179. The molecule has 18 nitrogen and oxygen atoms in total. The molecule has 0 saturated heterocycles. The summed E-state index contributed by atoms with van der Waals surface area (Å²) in [5.74, 6) is -0.0472. The number of hydrogen-bond donors (Lipinski definition) is 6. The molecule has 4 fully saturated rings. The lowest BCUT2D eigenvalue weighted by Crippen LogP contribution is -2.58. The van der Waals surface area contributed by atoms with Gasteiger partial charge in [-0.2, -0.15) is 0 Å². The molecular formula is C52H88BrN3O15. The van der Waals surface area contributed by atoms with Crippen LogP contribution >= 0.6 is 15.9 Å². The van der Waals surface area contributed by atoms with Gasteiger partial charge in [-0.3, -0.25) is 28.8 Å². The second-order valence-electron chi connectivity index (χ2n) is 20.6. The van der Waals surface area contributed by atoms with Gasteiger partial charge in [-0.1, -0.05) is 36.7 Å². The predicted octanol–water partition coefficient (Wildman–Crippen LogP) is 5.66. The molecule has 4 saturated carbocycles. The van der Waals surface area contributed by atoms with E-state index >= 15 is 0 Å². The number of carbonyl (C=O) groups excluding carboxylic acids is 5. The first-order valence-corrected chi connectivity index (χ1v) is 27.5. The molecule has 0 bridgehead atoms. The number of aliphatic carboxylic acids is 2. The Morgan fingerprint density at radius 1 is 0.662 bits per heavy atom. The van der Waals surface area contributed by atoms with Crippen molar-refractivity contribution in [2.75, 3.05) is 77.9 Å². The Bertz CT molecular complexity index is 1670. The predicted molar refractivity (Wildman–Crippen MR) is 269 cm³/mol. The quantitative estimate of drug-likeness (QED) is 0.0336. The van der Waals surface area contributed by atoms with Crippen LogP contribution in [0.1, 0.15) is 144 Å². The van der Waals surface area contributed by atoms with E-state index in [1.807, 2.05) is 6.92 Å². The molecule has 0 aromatic heterocycles. The number of carboxylic acids is 2. The third kappa shape index (κ3) is 21.0. The van der Waals surface area contributed by atoms with E-state index in [9.17, 15) is 43.8 Å². The van der Waals surface area contributed by atoms with E-state index in [4.69, 9.17) is 28.8 Å². The molecule has 4 aliphatic carbocycles. The Balaban J connectivity index is 0.000000561. The first-order valence-electron chi connectivity index (χ1n) is 26.4. The molecule has 0 aliphatic heterocycles. The van der Waals surface area contributed by atoms with E-state index in [0.717, 1.165) is 57.8 Å². The third-order valence-electron chi connectivity index (χ3n) is 15.9. The summed E-state index contributed by atoms with van der Waals surface area (Å²) in [5.41, 5.74) is 0.317. The number of nitrogens with one attached hydrogen (secondary N) is 3. The number of unbranched alkanes of at least 4 members (excludes halogenated alkanes) is 1. The Morgan fingerprint density at radius 2 is 1.35 bits per heavy atom. The van der Waals surface area contributed by atoms with Crippen molar-refractivity contribution in [3.8, 4) is 0 Å². The van der Waals surface area contributed by atoms with Crippen molar-refractivity contribution in [2.24, 2.45) is 46.3 Å². The summed E-state index contributed by atoms with van der Waals surface area (Å²) in [7, 11) is 0. The van der Waals surface area contributed by atoms with E-state index in [1.165, 1.54) is 0 Å². The van der Waals surface area contributed by atoms with E-state index in [0.29, 0.717) is 120 Å². The van der Waals surface area contributed by atoms with Gasteiger partial charge in [-0.15, -0.1) is 0 Å². The van der Waals surface area contributed by atoms with Crippen LogP contribution in [0, 0.1) is 46.3 Å². The van der Waals surface area contributed by atoms with E-state index in [1.54, 1.807) is 6.92 Å². The molecule has 0 spiro atoms. The van der Waals surface area contributed by atoms with Crippen LogP contribution in [0.4, 0.5) is 0 Å². The number of rotatable bonds is 34. The smallest absolute Gasteiger partial charge is 0.326 e. The lowest BCUT2D eigenvalue weighted by atomic mass is 9.43. The van der Waals surface area contributed by atoms with Gasteiger partial charge in [0.15, 0.2) is 11.6 Å². The third-order valence-corrected chi connectivity index (χ3v) is 16.4. The van der Waals surface area contributed by atoms with Crippen LogP contribution in [0.15, 0.2) is 0 Å². The van der Waals surface area contributed by atoms with Gasteiger partial charge in [-0.25, -0.2) is 4.79 Å². The number of amides is 3. The Labute approximate surface area is 430 Å². The standard InChI is InChI=1S/C40H67NO10.C12H21BrN2O5/c1-5-48-19-6-7-29(42)25-50-22-21-49-20-18-41-36(45)12-9-30(43)26-51-31-14-16-39(3)28(23-31)24-35(44)38-33-11-10-32(27(2)8-13-37(46)47)40(33,4)17-15-34(38)39;1-2-20-8-11(17)15-9(12(18)19)5-3-4-6-14-10(16)7-13/h27-28,31-35,38,44H,5-26H2,1-4H3,(H,41,45)(H,46,47);9H,2-8H2,1H3,(H,14,16)(H,15,17)(H,18,19)/t27-,28+,31+,32-,33?,34+,35+,38+,39+,40-;9-/m10/s1. The average Bonchev–Trinajstić information content (AvgIpc) is 3.70. The van der Waals surface area contributed by atoms with E-state index in [-0.39, 0.29) is 90.8 Å². The van der Waals surface area contributed by atoms with Crippen LogP contribution in [-0.2, 0) is 57.2 Å². The van der Waals surface area contributed by atoms with Crippen LogP contribution in [-0.4, -0.2) is 153 Å². The number of Topliss-reactive ketones (excluding diaryl/α,β-unsaturated/α-hetero) is 2.